The van der Waals surface area contributed by atoms with E-state index >= 15 is 0 Å². The Hall–Kier alpha value is -1.06. The number of hydrogen-bond acceptors (Lipinski definition) is 3. The molecule has 0 radical (unpaired) electrons. The van der Waals surface area contributed by atoms with Gasteiger partial charge in [0.2, 0.25) is 0 Å². The predicted octanol–water partition coefficient (Wildman–Crippen LogP) is 1.88. The molecule has 0 bridgehead atoms. The van der Waals surface area contributed by atoms with E-state index in [0.29, 0.717) is 6.04 Å². The highest BCUT2D eigenvalue weighted by Crippen LogP contribution is 2.13. The van der Waals surface area contributed by atoms with E-state index in [0.717, 1.165) is 13.2 Å². The van der Waals surface area contributed by atoms with Gasteiger partial charge in [-0.1, -0.05) is 12.1 Å². The summed E-state index contributed by atoms with van der Waals surface area (Å²) in [6.07, 6.45) is 0. The third-order valence-corrected chi connectivity index (χ3v) is 2.50. The number of benzene rings is 1. The van der Waals surface area contributed by atoms with Crippen LogP contribution in [-0.2, 0) is 11.3 Å². The van der Waals surface area contributed by atoms with Crippen molar-refractivity contribution in [3.63, 3.8) is 0 Å². The van der Waals surface area contributed by atoms with Crippen LogP contribution in [-0.4, -0.2) is 33.9 Å². The zero-order valence-electron chi connectivity index (χ0n) is 10.7. The molecule has 0 aliphatic heterocycles. The molecule has 3 nitrogen and oxygen atoms in total. The summed E-state index contributed by atoms with van der Waals surface area (Å²) >= 11 is 0. The molecule has 1 N–H and O–H groups in total. The lowest BCUT2D eigenvalue weighted by atomic mass is 10.2. The van der Waals surface area contributed by atoms with Gasteiger partial charge >= 0.3 is 0 Å². The molecule has 0 amide bonds. The molecule has 1 aromatic rings. The molecule has 16 heavy (non-hydrogen) atoms. The van der Waals surface area contributed by atoms with E-state index in [1.54, 1.807) is 7.11 Å². The lowest BCUT2D eigenvalue weighted by Gasteiger charge is -2.15. The standard InChI is InChI=1S/C13H22N2O/c1-11(10-16-4)14-9-12-6-5-7-13(8-12)15(2)3/h5-8,11,14H,9-10H2,1-4H3. The summed E-state index contributed by atoms with van der Waals surface area (Å²) in [5.74, 6) is 0. The first kappa shape index (κ1) is 13.0. The molecule has 0 saturated heterocycles. The van der Waals surface area contributed by atoms with E-state index in [9.17, 15) is 0 Å². The van der Waals surface area contributed by atoms with Crippen LogP contribution in [0.25, 0.3) is 0 Å². The average Bonchev–Trinajstić information content (AvgIpc) is 2.27. The molecule has 90 valence electrons. The molecule has 3 heteroatoms. The van der Waals surface area contributed by atoms with Crippen molar-refractivity contribution in [2.75, 3.05) is 32.7 Å². The normalized spacial score (nSPS) is 12.5. The third-order valence-electron chi connectivity index (χ3n) is 2.50. The highest BCUT2D eigenvalue weighted by atomic mass is 16.5. The molecule has 0 aliphatic rings. The van der Waals surface area contributed by atoms with Gasteiger partial charge in [-0.3, -0.25) is 0 Å². The van der Waals surface area contributed by atoms with E-state index in [-0.39, 0.29) is 0 Å². The van der Waals surface area contributed by atoms with Gasteiger partial charge in [0, 0.05) is 39.5 Å². The molecule has 1 aromatic carbocycles. The molecule has 0 aliphatic carbocycles. The molecule has 0 spiro atoms. The third kappa shape index (κ3) is 4.21. The van der Waals surface area contributed by atoms with Gasteiger partial charge < -0.3 is 15.0 Å². The Morgan fingerprint density at radius 3 is 2.75 bits per heavy atom. The van der Waals surface area contributed by atoms with Gasteiger partial charge in [0.25, 0.3) is 0 Å². The Morgan fingerprint density at radius 2 is 2.12 bits per heavy atom. The molecule has 1 unspecified atom stereocenters. The van der Waals surface area contributed by atoms with Gasteiger partial charge in [0.05, 0.1) is 6.61 Å². The fourth-order valence-corrected chi connectivity index (χ4v) is 1.55. The van der Waals surface area contributed by atoms with Gasteiger partial charge in [0.1, 0.15) is 0 Å². The van der Waals surface area contributed by atoms with Crippen LogP contribution in [0.5, 0.6) is 0 Å². The fraction of sp³-hybridized carbons (Fsp3) is 0.538. The highest BCUT2D eigenvalue weighted by Gasteiger charge is 2.01. The summed E-state index contributed by atoms with van der Waals surface area (Å²) in [5, 5.41) is 3.42. The van der Waals surface area contributed by atoms with Crippen LogP contribution >= 0.6 is 0 Å². The zero-order valence-corrected chi connectivity index (χ0v) is 10.7. The van der Waals surface area contributed by atoms with E-state index in [4.69, 9.17) is 4.74 Å². The Morgan fingerprint density at radius 1 is 1.38 bits per heavy atom. The van der Waals surface area contributed by atoms with Crippen LogP contribution in [0, 0.1) is 0 Å². The molecule has 1 atom stereocenters. The van der Waals surface area contributed by atoms with Gasteiger partial charge in [-0.2, -0.15) is 0 Å². The first-order valence-corrected chi connectivity index (χ1v) is 5.62. The molecule has 0 fully saturated rings. The van der Waals surface area contributed by atoms with Crippen LogP contribution < -0.4 is 10.2 Å². The van der Waals surface area contributed by atoms with Crippen LogP contribution in [0.15, 0.2) is 24.3 Å². The second kappa shape index (κ2) is 6.51. The summed E-state index contributed by atoms with van der Waals surface area (Å²) in [4.78, 5) is 2.11. The number of nitrogens with zero attached hydrogens (tertiary/aromatic N) is 1. The van der Waals surface area contributed by atoms with Crippen LogP contribution in [0.1, 0.15) is 12.5 Å². The Labute approximate surface area is 98.4 Å². The summed E-state index contributed by atoms with van der Waals surface area (Å²) in [7, 11) is 5.84. The van der Waals surface area contributed by atoms with Crippen molar-refractivity contribution < 1.29 is 4.74 Å². The molecular weight excluding hydrogens is 200 g/mol. The molecule has 0 saturated carbocycles. The van der Waals surface area contributed by atoms with Crippen LogP contribution in [0.4, 0.5) is 5.69 Å². The van der Waals surface area contributed by atoms with Crippen LogP contribution in [0.3, 0.4) is 0 Å². The average molecular weight is 222 g/mol. The van der Waals surface area contributed by atoms with E-state index in [1.165, 1.54) is 11.3 Å². The van der Waals surface area contributed by atoms with Gasteiger partial charge in [-0.25, -0.2) is 0 Å². The maximum atomic E-state index is 5.08. The number of nitrogens with one attached hydrogen (secondary N) is 1. The maximum absolute atomic E-state index is 5.08. The number of anilines is 1. The van der Waals surface area contributed by atoms with Gasteiger partial charge in [-0.15, -0.1) is 0 Å². The second-order valence-electron chi connectivity index (χ2n) is 4.30. The van der Waals surface area contributed by atoms with Gasteiger partial charge in [-0.05, 0) is 24.6 Å². The number of ether oxygens (including phenoxy) is 1. The summed E-state index contributed by atoms with van der Waals surface area (Å²) in [5.41, 5.74) is 2.54. The smallest absolute Gasteiger partial charge is 0.0613 e. The minimum atomic E-state index is 0.382. The zero-order chi connectivity index (χ0) is 12.0. The lowest BCUT2D eigenvalue weighted by Crippen LogP contribution is -2.29. The van der Waals surface area contributed by atoms with Crippen molar-refractivity contribution in [3.05, 3.63) is 29.8 Å². The summed E-state index contributed by atoms with van der Waals surface area (Å²) < 4.78 is 5.08. The Bertz CT molecular complexity index is 313. The number of rotatable bonds is 6. The van der Waals surface area contributed by atoms with Crippen molar-refractivity contribution in [1.29, 1.82) is 0 Å². The first-order chi connectivity index (χ1) is 7.63. The SMILES string of the molecule is COCC(C)NCc1cccc(N(C)C)c1. The molecular formula is C13H22N2O. The fourth-order valence-electron chi connectivity index (χ4n) is 1.55. The summed E-state index contributed by atoms with van der Waals surface area (Å²) in [6, 6.07) is 8.93. The van der Waals surface area contributed by atoms with E-state index < -0.39 is 0 Å². The predicted molar refractivity (Wildman–Crippen MR) is 68.9 cm³/mol. The van der Waals surface area contributed by atoms with Crippen LogP contribution in [0.2, 0.25) is 0 Å². The molecule has 0 heterocycles. The Balaban J connectivity index is 2.50. The number of hydrogen-bond donors (Lipinski definition) is 1. The molecule has 1 rings (SSSR count). The lowest BCUT2D eigenvalue weighted by molar-refractivity contribution is 0.171. The quantitative estimate of drug-likeness (QED) is 0.795. The van der Waals surface area contributed by atoms with Crippen molar-refractivity contribution in [1.82, 2.24) is 5.32 Å². The topological polar surface area (TPSA) is 24.5 Å². The minimum absolute atomic E-state index is 0.382. The van der Waals surface area contributed by atoms with Gasteiger partial charge in [0.15, 0.2) is 0 Å². The van der Waals surface area contributed by atoms with E-state index in [1.807, 2.05) is 0 Å². The minimum Gasteiger partial charge on any atom is -0.383 e. The van der Waals surface area contributed by atoms with Crippen molar-refractivity contribution in [3.8, 4) is 0 Å². The Kier molecular flexibility index (Phi) is 5.29. The molecule has 0 aromatic heterocycles. The van der Waals surface area contributed by atoms with Crippen molar-refractivity contribution in [2.45, 2.75) is 19.5 Å². The maximum Gasteiger partial charge on any atom is 0.0613 e. The highest BCUT2D eigenvalue weighted by molar-refractivity contribution is 5.47. The first-order valence-electron chi connectivity index (χ1n) is 5.62. The monoisotopic (exact) mass is 222 g/mol. The van der Waals surface area contributed by atoms with Crippen molar-refractivity contribution in [2.24, 2.45) is 0 Å². The largest absolute Gasteiger partial charge is 0.383 e. The number of methoxy groups -OCH3 is 1. The van der Waals surface area contributed by atoms with Crippen molar-refractivity contribution >= 4 is 5.69 Å². The van der Waals surface area contributed by atoms with E-state index in [2.05, 4.69) is 55.5 Å². The second-order valence-corrected chi connectivity index (χ2v) is 4.30. The summed E-state index contributed by atoms with van der Waals surface area (Å²) in [6.45, 7) is 3.75.